The molecule has 1 saturated heterocycles. The summed E-state index contributed by atoms with van der Waals surface area (Å²) in [5.74, 6) is -0.0128. The zero-order valence-corrected chi connectivity index (χ0v) is 13.7. The highest BCUT2D eigenvalue weighted by Gasteiger charge is 2.21. The van der Waals surface area contributed by atoms with Gasteiger partial charge in [0, 0.05) is 24.7 Å². The number of hydrogen-bond acceptors (Lipinski definition) is 3. The van der Waals surface area contributed by atoms with Gasteiger partial charge in [0.05, 0.1) is 10.6 Å². The van der Waals surface area contributed by atoms with Gasteiger partial charge in [0.15, 0.2) is 0 Å². The molecule has 0 saturated carbocycles. The van der Waals surface area contributed by atoms with E-state index in [0.29, 0.717) is 28.7 Å². The standard InChI is InChI=1S/C17H22ClN3O/c1-2-15-5-3-4-9-21(15)10-8-17(22)20-14-7-6-13(12-19)16(18)11-14/h6-7,11,15H,2-5,8-10H2,1H3,(H,20,22). The van der Waals surface area contributed by atoms with Crippen molar-refractivity contribution in [2.45, 2.75) is 45.1 Å². The van der Waals surface area contributed by atoms with Crippen LogP contribution in [0.15, 0.2) is 18.2 Å². The van der Waals surface area contributed by atoms with Gasteiger partial charge in [-0.15, -0.1) is 0 Å². The molecule has 22 heavy (non-hydrogen) atoms. The maximum absolute atomic E-state index is 12.1. The number of amides is 1. The molecule has 1 aromatic carbocycles. The van der Waals surface area contributed by atoms with Gasteiger partial charge < -0.3 is 5.32 Å². The molecule has 0 aromatic heterocycles. The first-order valence-electron chi connectivity index (χ1n) is 7.87. The Morgan fingerprint density at radius 3 is 3.00 bits per heavy atom. The molecular weight excluding hydrogens is 298 g/mol. The van der Waals surface area contributed by atoms with E-state index in [1.807, 2.05) is 6.07 Å². The molecule has 118 valence electrons. The summed E-state index contributed by atoms with van der Waals surface area (Å²) in [7, 11) is 0. The summed E-state index contributed by atoms with van der Waals surface area (Å²) in [6.07, 6.45) is 5.39. The largest absolute Gasteiger partial charge is 0.326 e. The van der Waals surface area contributed by atoms with Gasteiger partial charge in [0.1, 0.15) is 6.07 Å². The third kappa shape index (κ3) is 4.46. The Balaban J connectivity index is 1.85. The number of carbonyl (C=O) groups is 1. The lowest BCUT2D eigenvalue weighted by Crippen LogP contribution is -2.40. The van der Waals surface area contributed by atoms with Crippen molar-refractivity contribution in [3.63, 3.8) is 0 Å². The van der Waals surface area contributed by atoms with Gasteiger partial charge in [0.2, 0.25) is 5.91 Å². The number of hydrogen-bond donors (Lipinski definition) is 1. The molecule has 5 heteroatoms. The molecule has 1 heterocycles. The normalized spacial score (nSPS) is 18.7. The summed E-state index contributed by atoms with van der Waals surface area (Å²) < 4.78 is 0. The first-order valence-corrected chi connectivity index (χ1v) is 8.25. The SMILES string of the molecule is CCC1CCCCN1CCC(=O)Nc1ccc(C#N)c(Cl)c1. The molecule has 1 amide bonds. The first-order chi connectivity index (χ1) is 10.6. The van der Waals surface area contributed by atoms with Crippen molar-refractivity contribution in [1.82, 2.24) is 4.90 Å². The van der Waals surface area contributed by atoms with Crippen LogP contribution in [0.2, 0.25) is 5.02 Å². The van der Waals surface area contributed by atoms with Crippen molar-refractivity contribution in [2.24, 2.45) is 0 Å². The summed E-state index contributed by atoms with van der Waals surface area (Å²) in [4.78, 5) is 14.5. The van der Waals surface area contributed by atoms with Crippen molar-refractivity contribution < 1.29 is 4.79 Å². The van der Waals surface area contributed by atoms with Crippen LogP contribution in [0.25, 0.3) is 0 Å². The van der Waals surface area contributed by atoms with Crippen LogP contribution in [-0.2, 0) is 4.79 Å². The van der Waals surface area contributed by atoms with Crippen LogP contribution in [0.1, 0.15) is 44.6 Å². The Morgan fingerprint density at radius 2 is 2.32 bits per heavy atom. The van der Waals surface area contributed by atoms with E-state index in [1.54, 1.807) is 18.2 Å². The first kappa shape index (κ1) is 16.8. The van der Waals surface area contributed by atoms with Crippen molar-refractivity contribution in [3.8, 4) is 6.07 Å². The fourth-order valence-electron chi connectivity index (χ4n) is 2.97. The lowest BCUT2D eigenvalue weighted by atomic mass is 10.00. The minimum Gasteiger partial charge on any atom is -0.326 e. The number of piperidine rings is 1. The molecule has 1 unspecified atom stereocenters. The Kier molecular flexibility index (Phi) is 6.23. The summed E-state index contributed by atoms with van der Waals surface area (Å²) >= 11 is 5.97. The van der Waals surface area contributed by atoms with Gasteiger partial charge >= 0.3 is 0 Å². The van der Waals surface area contributed by atoms with E-state index in [1.165, 1.54) is 19.3 Å². The molecule has 4 nitrogen and oxygen atoms in total. The van der Waals surface area contributed by atoms with Crippen LogP contribution in [0.4, 0.5) is 5.69 Å². The Hall–Kier alpha value is -1.57. The highest BCUT2D eigenvalue weighted by molar-refractivity contribution is 6.32. The number of nitriles is 1. The Labute approximate surface area is 137 Å². The molecule has 0 aliphatic carbocycles. The molecule has 1 aliphatic rings. The van der Waals surface area contributed by atoms with Crippen molar-refractivity contribution in [2.75, 3.05) is 18.4 Å². The van der Waals surface area contributed by atoms with Crippen LogP contribution in [-0.4, -0.2) is 29.9 Å². The average molecular weight is 320 g/mol. The molecule has 1 aliphatic heterocycles. The number of carbonyl (C=O) groups excluding carboxylic acids is 1. The van der Waals surface area contributed by atoms with Crippen molar-refractivity contribution in [1.29, 1.82) is 5.26 Å². The molecule has 1 N–H and O–H groups in total. The molecule has 1 aromatic rings. The molecule has 0 radical (unpaired) electrons. The average Bonchev–Trinajstić information content (AvgIpc) is 2.53. The van der Waals surface area contributed by atoms with Crippen LogP contribution < -0.4 is 5.32 Å². The highest BCUT2D eigenvalue weighted by atomic mass is 35.5. The molecule has 0 spiro atoms. The fraction of sp³-hybridized carbons (Fsp3) is 0.529. The van der Waals surface area contributed by atoms with E-state index in [9.17, 15) is 4.79 Å². The fourth-order valence-corrected chi connectivity index (χ4v) is 3.19. The maximum Gasteiger partial charge on any atom is 0.225 e. The second-order valence-electron chi connectivity index (χ2n) is 5.70. The second-order valence-corrected chi connectivity index (χ2v) is 6.11. The number of rotatable bonds is 5. The predicted octanol–water partition coefficient (Wildman–Crippen LogP) is 3.80. The summed E-state index contributed by atoms with van der Waals surface area (Å²) in [5.41, 5.74) is 1.05. The smallest absolute Gasteiger partial charge is 0.225 e. The Bertz CT molecular complexity index is 568. The number of benzene rings is 1. The minimum absolute atomic E-state index is 0.0128. The Morgan fingerprint density at radius 1 is 1.50 bits per heavy atom. The highest BCUT2D eigenvalue weighted by Crippen LogP contribution is 2.21. The summed E-state index contributed by atoms with van der Waals surface area (Å²) in [6.45, 7) is 4.10. The van der Waals surface area contributed by atoms with E-state index in [-0.39, 0.29) is 5.91 Å². The van der Waals surface area contributed by atoms with Gasteiger partial charge in [-0.2, -0.15) is 5.26 Å². The summed E-state index contributed by atoms with van der Waals surface area (Å²) in [6, 6.07) is 7.57. The third-order valence-corrected chi connectivity index (χ3v) is 4.53. The van der Waals surface area contributed by atoms with Crippen LogP contribution >= 0.6 is 11.6 Å². The van der Waals surface area contributed by atoms with Crippen molar-refractivity contribution in [3.05, 3.63) is 28.8 Å². The number of nitrogens with zero attached hydrogens (tertiary/aromatic N) is 2. The molecule has 1 atom stereocenters. The van der Waals surface area contributed by atoms with Crippen LogP contribution in [0.3, 0.4) is 0 Å². The van der Waals surface area contributed by atoms with E-state index >= 15 is 0 Å². The number of anilines is 1. The number of nitrogens with one attached hydrogen (secondary N) is 1. The second kappa shape index (κ2) is 8.17. The van der Waals surface area contributed by atoms with Gasteiger partial charge in [-0.1, -0.05) is 24.9 Å². The van der Waals surface area contributed by atoms with E-state index < -0.39 is 0 Å². The zero-order chi connectivity index (χ0) is 15.9. The number of likely N-dealkylation sites (tertiary alicyclic amines) is 1. The van der Waals surface area contributed by atoms with E-state index in [2.05, 4.69) is 17.1 Å². The zero-order valence-electron chi connectivity index (χ0n) is 12.9. The van der Waals surface area contributed by atoms with Gasteiger partial charge in [-0.25, -0.2) is 0 Å². The van der Waals surface area contributed by atoms with E-state index in [4.69, 9.17) is 16.9 Å². The predicted molar refractivity (Wildman–Crippen MR) is 88.9 cm³/mol. The topological polar surface area (TPSA) is 56.1 Å². The maximum atomic E-state index is 12.1. The molecule has 2 rings (SSSR count). The van der Waals surface area contributed by atoms with Gasteiger partial charge in [-0.3, -0.25) is 9.69 Å². The quantitative estimate of drug-likeness (QED) is 0.898. The van der Waals surface area contributed by atoms with E-state index in [0.717, 1.165) is 19.5 Å². The van der Waals surface area contributed by atoms with Crippen LogP contribution in [0.5, 0.6) is 0 Å². The van der Waals surface area contributed by atoms with Crippen molar-refractivity contribution >= 4 is 23.2 Å². The molecular formula is C17H22ClN3O. The third-order valence-electron chi connectivity index (χ3n) is 4.22. The lowest BCUT2D eigenvalue weighted by molar-refractivity contribution is -0.116. The number of halogens is 1. The van der Waals surface area contributed by atoms with Gasteiger partial charge in [-0.05, 0) is 44.0 Å². The molecule has 0 bridgehead atoms. The lowest BCUT2D eigenvalue weighted by Gasteiger charge is -2.35. The monoisotopic (exact) mass is 319 g/mol. The molecule has 1 fully saturated rings. The summed E-state index contributed by atoms with van der Waals surface area (Å²) in [5, 5.41) is 12.1. The van der Waals surface area contributed by atoms with Gasteiger partial charge in [0.25, 0.3) is 0 Å². The van der Waals surface area contributed by atoms with Crippen LogP contribution in [0, 0.1) is 11.3 Å². The minimum atomic E-state index is -0.0128.